The SMILES string of the molecule is C=CCNC(=O)[C@@H]1CCCN1C(=O)Nc1cccc(Cl)c1. The molecule has 0 saturated carbocycles. The third kappa shape index (κ3) is 3.98. The van der Waals surface area contributed by atoms with Crippen LogP contribution in [0.4, 0.5) is 10.5 Å². The van der Waals surface area contributed by atoms with Gasteiger partial charge in [-0.3, -0.25) is 4.79 Å². The Morgan fingerprint density at radius 1 is 1.48 bits per heavy atom. The Labute approximate surface area is 129 Å². The van der Waals surface area contributed by atoms with Crippen LogP contribution in [0.2, 0.25) is 5.02 Å². The highest BCUT2D eigenvalue weighted by atomic mass is 35.5. The van der Waals surface area contributed by atoms with Gasteiger partial charge in [0.05, 0.1) is 0 Å². The van der Waals surface area contributed by atoms with Crippen molar-refractivity contribution in [1.29, 1.82) is 0 Å². The molecule has 21 heavy (non-hydrogen) atoms. The van der Waals surface area contributed by atoms with E-state index < -0.39 is 6.04 Å². The molecular formula is C15H18ClN3O2. The lowest BCUT2D eigenvalue weighted by molar-refractivity contribution is -0.124. The molecule has 0 bridgehead atoms. The molecule has 1 aromatic carbocycles. The number of carbonyl (C=O) groups is 2. The normalized spacial score (nSPS) is 17.4. The minimum Gasteiger partial charge on any atom is -0.351 e. The fourth-order valence-electron chi connectivity index (χ4n) is 2.33. The van der Waals surface area contributed by atoms with E-state index in [-0.39, 0.29) is 11.9 Å². The first-order chi connectivity index (χ1) is 10.1. The second-order valence-electron chi connectivity index (χ2n) is 4.83. The second kappa shape index (κ2) is 7.13. The van der Waals surface area contributed by atoms with Gasteiger partial charge in [-0.1, -0.05) is 23.7 Å². The lowest BCUT2D eigenvalue weighted by atomic mass is 10.2. The summed E-state index contributed by atoms with van der Waals surface area (Å²) in [6, 6.07) is 6.21. The summed E-state index contributed by atoms with van der Waals surface area (Å²) in [5.41, 5.74) is 0.615. The quantitative estimate of drug-likeness (QED) is 0.840. The summed E-state index contributed by atoms with van der Waals surface area (Å²) in [6.07, 6.45) is 3.10. The molecular weight excluding hydrogens is 290 g/mol. The molecule has 2 rings (SSSR count). The van der Waals surface area contributed by atoms with Gasteiger partial charge in [-0.2, -0.15) is 0 Å². The number of nitrogens with one attached hydrogen (secondary N) is 2. The highest BCUT2D eigenvalue weighted by Gasteiger charge is 2.33. The van der Waals surface area contributed by atoms with Gasteiger partial charge in [0, 0.05) is 23.8 Å². The molecule has 0 unspecified atom stereocenters. The largest absolute Gasteiger partial charge is 0.351 e. The molecule has 0 radical (unpaired) electrons. The van der Waals surface area contributed by atoms with Gasteiger partial charge in [-0.15, -0.1) is 6.58 Å². The summed E-state index contributed by atoms with van der Waals surface area (Å²) >= 11 is 5.89. The molecule has 1 heterocycles. The summed E-state index contributed by atoms with van der Waals surface area (Å²) in [6.45, 7) is 4.53. The van der Waals surface area contributed by atoms with E-state index in [0.29, 0.717) is 30.2 Å². The van der Waals surface area contributed by atoms with Gasteiger partial charge < -0.3 is 15.5 Å². The van der Waals surface area contributed by atoms with E-state index >= 15 is 0 Å². The molecule has 1 fully saturated rings. The van der Waals surface area contributed by atoms with Crippen LogP contribution in [-0.4, -0.2) is 36.0 Å². The summed E-state index contributed by atoms with van der Waals surface area (Å²) in [7, 11) is 0. The average molecular weight is 308 g/mol. The average Bonchev–Trinajstić information content (AvgIpc) is 2.94. The summed E-state index contributed by atoms with van der Waals surface area (Å²) in [5, 5.41) is 6.05. The van der Waals surface area contributed by atoms with Gasteiger partial charge in [-0.25, -0.2) is 4.79 Å². The van der Waals surface area contributed by atoms with Crippen molar-refractivity contribution in [2.45, 2.75) is 18.9 Å². The van der Waals surface area contributed by atoms with Gasteiger partial charge in [0.25, 0.3) is 0 Å². The van der Waals surface area contributed by atoms with E-state index in [0.717, 1.165) is 6.42 Å². The maximum atomic E-state index is 12.3. The molecule has 1 aromatic rings. The number of carbonyl (C=O) groups excluding carboxylic acids is 2. The predicted molar refractivity (Wildman–Crippen MR) is 83.4 cm³/mol. The highest BCUT2D eigenvalue weighted by Crippen LogP contribution is 2.20. The molecule has 5 nitrogen and oxygen atoms in total. The van der Waals surface area contributed by atoms with Crippen molar-refractivity contribution in [3.05, 3.63) is 41.9 Å². The number of urea groups is 1. The minimum atomic E-state index is -0.427. The van der Waals surface area contributed by atoms with Crippen LogP contribution < -0.4 is 10.6 Å². The molecule has 1 aliphatic rings. The van der Waals surface area contributed by atoms with Crippen LogP contribution in [0.25, 0.3) is 0 Å². The van der Waals surface area contributed by atoms with Crippen molar-refractivity contribution < 1.29 is 9.59 Å². The van der Waals surface area contributed by atoms with Crippen molar-refractivity contribution in [3.63, 3.8) is 0 Å². The first kappa shape index (κ1) is 15.4. The zero-order valence-electron chi connectivity index (χ0n) is 11.6. The Morgan fingerprint density at radius 3 is 3.00 bits per heavy atom. The summed E-state index contributed by atoms with van der Waals surface area (Å²) in [4.78, 5) is 25.9. The fraction of sp³-hybridized carbons (Fsp3) is 0.333. The van der Waals surface area contributed by atoms with E-state index in [9.17, 15) is 9.59 Å². The Bertz CT molecular complexity index is 547. The zero-order chi connectivity index (χ0) is 15.2. The predicted octanol–water partition coefficient (Wildman–Crippen LogP) is 2.64. The van der Waals surface area contributed by atoms with Gasteiger partial charge in [0.2, 0.25) is 5.91 Å². The second-order valence-corrected chi connectivity index (χ2v) is 5.26. The molecule has 112 valence electrons. The number of anilines is 1. The van der Waals surface area contributed by atoms with Gasteiger partial charge in [0.1, 0.15) is 6.04 Å². The number of amides is 3. The highest BCUT2D eigenvalue weighted by molar-refractivity contribution is 6.30. The van der Waals surface area contributed by atoms with E-state index in [1.807, 2.05) is 0 Å². The molecule has 2 N–H and O–H groups in total. The molecule has 6 heteroatoms. The monoisotopic (exact) mass is 307 g/mol. The molecule has 0 spiro atoms. The van der Waals surface area contributed by atoms with Crippen molar-refractivity contribution in [2.24, 2.45) is 0 Å². The number of halogens is 1. The Balaban J connectivity index is 2.00. The third-order valence-corrected chi connectivity index (χ3v) is 3.55. The Kier molecular flexibility index (Phi) is 5.22. The van der Waals surface area contributed by atoms with Crippen LogP contribution in [0.3, 0.4) is 0 Å². The van der Waals surface area contributed by atoms with Crippen LogP contribution in [-0.2, 0) is 4.79 Å². The molecule has 1 aliphatic heterocycles. The lowest BCUT2D eigenvalue weighted by Crippen LogP contribution is -2.47. The van der Waals surface area contributed by atoms with Gasteiger partial charge in [0.15, 0.2) is 0 Å². The number of hydrogen-bond acceptors (Lipinski definition) is 2. The number of nitrogens with zero attached hydrogens (tertiary/aromatic N) is 1. The molecule has 3 amide bonds. The summed E-state index contributed by atoms with van der Waals surface area (Å²) < 4.78 is 0. The summed E-state index contributed by atoms with van der Waals surface area (Å²) in [5.74, 6) is -0.145. The van der Waals surface area contributed by atoms with Crippen molar-refractivity contribution in [1.82, 2.24) is 10.2 Å². The molecule has 0 aliphatic carbocycles. The molecule has 0 aromatic heterocycles. The molecule has 1 saturated heterocycles. The maximum Gasteiger partial charge on any atom is 0.322 e. The number of rotatable bonds is 4. The standard InChI is InChI=1S/C15H18ClN3O2/c1-2-8-17-14(20)13-7-4-9-19(13)15(21)18-12-6-3-5-11(16)10-12/h2-3,5-6,10,13H,1,4,7-9H2,(H,17,20)(H,18,21)/t13-/m0/s1. The number of likely N-dealkylation sites (tertiary alicyclic amines) is 1. The number of hydrogen-bond donors (Lipinski definition) is 2. The van der Waals surface area contributed by atoms with Crippen LogP contribution in [0.15, 0.2) is 36.9 Å². The van der Waals surface area contributed by atoms with Crippen LogP contribution >= 0.6 is 11.6 Å². The van der Waals surface area contributed by atoms with Crippen molar-refractivity contribution in [2.75, 3.05) is 18.4 Å². The van der Waals surface area contributed by atoms with E-state index in [4.69, 9.17) is 11.6 Å². The Hall–Kier alpha value is -2.01. The lowest BCUT2D eigenvalue weighted by Gasteiger charge is -2.24. The first-order valence-electron chi connectivity index (χ1n) is 6.83. The smallest absolute Gasteiger partial charge is 0.322 e. The zero-order valence-corrected chi connectivity index (χ0v) is 12.4. The van der Waals surface area contributed by atoms with Gasteiger partial charge in [-0.05, 0) is 31.0 Å². The number of benzene rings is 1. The maximum absolute atomic E-state index is 12.3. The topological polar surface area (TPSA) is 61.4 Å². The van der Waals surface area contributed by atoms with Crippen LogP contribution in [0.1, 0.15) is 12.8 Å². The van der Waals surface area contributed by atoms with Crippen LogP contribution in [0.5, 0.6) is 0 Å². The minimum absolute atomic E-state index is 0.145. The Morgan fingerprint density at radius 2 is 2.29 bits per heavy atom. The van der Waals surface area contributed by atoms with E-state index in [2.05, 4.69) is 17.2 Å². The fourth-order valence-corrected chi connectivity index (χ4v) is 2.52. The van der Waals surface area contributed by atoms with E-state index in [1.54, 1.807) is 35.2 Å². The van der Waals surface area contributed by atoms with Gasteiger partial charge >= 0.3 is 6.03 Å². The molecule has 1 atom stereocenters. The van der Waals surface area contributed by atoms with Crippen LogP contribution in [0, 0.1) is 0 Å². The third-order valence-electron chi connectivity index (χ3n) is 3.31. The van der Waals surface area contributed by atoms with Crippen molar-refractivity contribution in [3.8, 4) is 0 Å². The van der Waals surface area contributed by atoms with Crippen molar-refractivity contribution >= 4 is 29.2 Å². The first-order valence-corrected chi connectivity index (χ1v) is 7.21. The van der Waals surface area contributed by atoms with E-state index in [1.165, 1.54) is 0 Å².